The molecular formula is C19H23NO6. The second kappa shape index (κ2) is 7.51. The molecule has 0 spiro atoms. The first kappa shape index (κ1) is 18.5. The quantitative estimate of drug-likeness (QED) is 0.474. The molecule has 1 fully saturated rings. The number of hydroxylamine groups is 2. The van der Waals surface area contributed by atoms with Crippen molar-refractivity contribution >= 4 is 11.2 Å². The summed E-state index contributed by atoms with van der Waals surface area (Å²) in [4.78, 5) is 4.73. The fraction of sp³-hybridized carbons (Fsp3) is 0.368. The zero-order valence-corrected chi connectivity index (χ0v) is 14.8. The lowest BCUT2D eigenvalue weighted by atomic mass is 9.78. The molecule has 0 aliphatic carbocycles. The predicted molar refractivity (Wildman–Crippen MR) is 94.5 cm³/mol. The number of nitrogens with zero attached hydrogens (tertiary/aromatic N) is 1. The van der Waals surface area contributed by atoms with Crippen molar-refractivity contribution in [3.05, 3.63) is 53.6 Å². The van der Waals surface area contributed by atoms with Crippen LogP contribution in [0.15, 0.2) is 51.6 Å². The molecule has 2 atom stereocenters. The molecule has 0 bridgehead atoms. The van der Waals surface area contributed by atoms with Crippen LogP contribution >= 0.6 is 0 Å². The van der Waals surface area contributed by atoms with Gasteiger partial charge in [0.15, 0.2) is 6.23 Å². The van der Waals surface area contributed by atoms with Crippen LogP contribution in [0.5, 0.6) is 5.75 Å². The second-order valence-corrected chi connectivity index (χ2v) is 6.61. The third-order valence-corrected chi connectivity index (χ3v) is 4.48. The topological polar surface area (TPSA) is 103 Å². The Bertz CT molecular complexity index is 835. The van der Waals surface area contributed by atoms with E-state index in [1.165, 1.54) is 5.06 Å². The van der Waals surface area contributed by atoms with Crippen molar-refractivity contribution in [2.24, 2.45) is 0 Å². The number of phenols is 1. The van der Waals surface area contributed by atoms with Crippen LogP contribution in [0.1, 0.15) is 25.0 Å². The second-order valence-electron chi connectivity index (χ2n) is 6.61. The van der Waals surface area contributed by atoms with E-state index in [0.29, 0.717) is 6.54 Å². The molecule has 3 N–H and O–H groups in total. The van der Waals surface area contributed by atoms with Crippen molar-refractivity contribution < 1.29 is 29.3 Å². The van der Waals surface area contributed by atoms with Gasteiger partial charge in [0.05, 0.1) is 19.8 Å². The standard InChI is InChI=1S/C15H14O3.C4H9NO3/c1-15(2,10-3-6-12(16)7-4-10)11-5-8-13-14(9-11)18-17-13;6-2-1-5-4(3-7)8-5/h3-9,16H,1-2H3;4,6-7H,1-3H2. The predicted octanol–water partition coefficient (Wildman–Crippen LogP) is 2.60. The van der Waals surface area contributed by atoms with E-state index in [0.717, 1.165) is 22.3 Å². The van der Waals surface area contributed by atoms with Gasteiger partial charge in [-0.15, -0.1) is 0 Å². The summed E-state index contributed by atoms with van der Waals surface area (Å²) >= 11 is 0. The van der Waals surface area contributed by atoms with Crippen LogP contribution in [0, 0.1) is 0 Å². The van der Waals surface area contributed by atoms with Gasteiger partial charge >= 0.3 is 0 Å². The van der Waals surface area contributed by atoms with Crippen LogP contribution in [0.2, 0.25) is 0 Å². The lowest BCUT2D eigenvalue weighted by Gasteiger charge is -2.26. The van der Waals surface area contributed by atoms with Gasteiger partial charge in [0.1, 0.15) is 5.75 Å². The van der Waals surface area contributed by atoms with Gasteiger partial charge in [0.25, 0.3) is 0 Å². The van der Waals surface area contributed by atoms with Crippen molar-refractivity contribution in [3.8, 4) is 5.75 Å². The molecular weight excluding hydrogens is 338 g/mol. The summed E-state index contributed by atoms with van der Waals surface area (Å²) in [5.74, 6) is 0.281. The molecule has 7 heteroatoms. The van der Waals surface area contributed by atoms with Crippen LogP contribution in [0.25, 0.3) is 11.2 Å². The van der Waals surface area contributed by atoms with Crippen LogP contribution in [0.3, 0.4) is 0 Å². The third kappa shape index (κ3) is 3.91. The summed E-state index contributed by atoms with van der Waals surface area (Å²) in [5.41, 5.74) is 3.69. The third-order valence-electron chi connectivity index (χ3n) is 4.48. The molecule has 1 aliphatic rings. The SMILES string of the molecule is CC(C)(c1ccc(O)cc1)c1ccc2ooc2c1.OCCN1OC1CO. The lowest BCUT2D eigenvalue weighted by molar-refractivity contribution is 0.0587. The summed E-state index contributed by atoms with van der Waals surface area (Å²) < 4.78 is 9.76. The van der Waals surface area contributed by atoms with Gasteiger partial charge in [0.2, 0.25) is 11.2 Å². The van der Waals surface area contributed by atoms with Gasteiger partial charge in [-0.05, 0) is 35.4 Å². The van der Waals surface area contributed by atoms with E-state index in [9.17, 15) is 5.11 Å². The molecule has 140 valence electrons. The van der Waals surface area contributed by atoms with Crippen molar-refractivity contribution in [3.63, 3.8) is 0 Å². The number of aromatic hydroxyl groups is 1. The van der Waals surface area contributed by atoms with E-state index in [1.807, 2.05) is 30.3 Å². The van der Waals surface area contributed by atoms with E-state index in [-0.39, 0.29) is 30.6 Å². The minimum atomic E-state index is -0.151. The Morgan fingerprint density at radius 2 is 1.62 bits per heavy atom. The van der Waals surface area contributed by atoms with Crippen molar-refractivity contribution in [2.75, 3.05) is 19.8 Å². The average Bonchev–Trinajstić information content (AvgIpc) is 3.35. The maximum atomic E-state index is 9.35. The van der Waals surface area contributed by atoms with Gasteiger partial charge in [-0.1, -0.05) is 32.0 Å². The van der Waals surface area contributed by atoms with Crippen molar-refractivity contribution in [1.29, 1.82) is 0 Å². The number of fused-ring (bicyclic) bond motifs is 1. The molecule has 2 heterocycles. The van der Waals surface area contributed by atoms with E-state index in [2.05, 4.69) is 13.8 Å². The minimum Gasteiger partial charge on any atom is -0.508 e. The monoisotopic (exact) mass is 361 g/mol. The molecule has 7 nitrogen and oxygen atoms in total. The highest BCUT2D eigenvalue weighted by Gasteiger charge is 2.34. The van der Waals surface area contributed by atoms with Gasteiger partial charge in [-0.3, -0.25) is 14.0 Å². The highest BCUT2D eigenvalue weighted by molar-refractivity contribution is 5.72. The van der Waals surface area contributed by atoms with Crippen LogP contribution in [-0.4, -0.2) is 46.4 Å². The maximum absolute atomic E-state index is 9.35. The Kier molecular flexibility index (Phi) is 5.33. The van der Waals surface area contributed by atoms with E-state index in [1.54, 1.807) is 12.1 Å². The summed E-state index contributed by atoms with van der Waals surface area (Å²) in [7, 11) is 0. The molecule has 1 saturated heterocycles. The molecule has 0 amide bonds. The smallest absolute Gasteiger partial charge is 0.226 e. The Morgan fingerprint density at radius 3 is 2.12 bits per heavy atom. The van der Waals surface area contributed by atoms with E-state index < -0.39 is 0 Å². The molecule has 3 aromatic rings. The highest BCUT2D eigenvalue weighted by Crippen LogP contribution is 2.34. The van der Waals surface area contributed by atoms with Crippen molar-refractivity contribution in [2.45, 2.75) is 25.5 Å². The molecule has 1 aromatic heterocycles. The number of rotatable bonds is 5. The molecule has 0 saturated carbocycles. The highest BCUT2D eigenvalue weighted by atomic mass is 17.0. The Morgan fingerprint density at radius 1 is 0.962 bits per heavy atom. The first-order valence-electron chi connectivity index (χ1n) is 8.39. The van der Waals surface area contributed by atoms with Gasteiger partial charge in [-0.2, -0.15) is 5.06 Å². The summed E-state index contributed by atoms with van der Waals surface area (Å²) in [5, 5.41) is 27.5. The minimum absolute atomic E-state index is 0.0139. The normalized spacial score (nSPS) is 19.2. The molecule has 0 radical (unpaired) electrons. The number of aliphatic hydroxyl groups excluding tert-OH is 2. The number of β-amino-alcohol motifs (C(OH)–C–C–N with tert-alkyl or cyclic N) is 1. The Labute approximate surface area is 150 Å². The number of phenolic OH excluding ortho intramolecular Hbond substituents is 1. The van der Waals surface area contributed by atoms with Crippen molar-refractivity contribution in [1.82, 2.24) is 5.06 Å². The number of benzene rings is 2. The van der Waals surface area contributed by atoms with E-state index in [4.69, 9.17) is 24.2 Å². The first-order valence-corrected chi connectivity index (χ1v) is 8.39. The summed E-state index contributed by atoms with van der Waals surface area (Å²) in [6.45, 7) is 4.86. The van der Waals surface area contributed by atoms with Crippen LogP contribution < -0.4 is 0 Å². The Hall–Kier alpha value is -2.32. The average molecular weight is 361 g/mol. The summed E-state index contributed by atoms with van der Waals surface area (Å²) in [6.07, 6.45) is -0.151. The van der Waals surface area contributed by atoms with Gasteiger partial charge < -0.3 is 15.3 Å². The van der Waals surface area contributed by atoms with Crippen LogP contribution in [0.4, 0.5) is 0 Å². The fourth-order valence-electron chi connectivity index (χ4n) is 2.68. The zero-order valence-electron chi connectivity index (χ0n) is 14.8. The lowest BCUT2D eigenvalue weighted by Crippen LogP contribution is -2.18. The summed E-state index contributed by atoms with van der Waals surface area (Å²) in [6, 6.07) is 13.2. The number of hydrogen-bond donors (Lipinski definition) is 3. The molecule has 2 aromatic carbocycles. The van der Waals surface area contributed by atoms with Crippen LogP contribution in [-0.2, 0) is 10.3 Å². The molecule has 1 aliphatic heterocycles. The first-order chi connectivity index (χ1) is 12.5. The zero-order chi connectivity index (χ0) is 18.7. The fourth-order valence-corrected chi connectivity index (χ4v) is 2.68. The molecule has 26 heavy (non-hydrogen) atoms. The molecule has 2 unspecified atom stereocenters. The number of hydrogen-bond acceptors (Lipinski definition) is 7. The Balaban J connectivity index is 0.000000206. The van der Waals surface area contributed by atoms with E-state index >= 15 is 0 Å². The maximum Gasteiger partial charge on any atom is 0.226 e. The largest absolute Gasteiger partial charge is 0.508 e. The number of aliphatic hydroxyl groups is 2. The van der Waals surface area contributed by atoms with Gasteiger partial charge in [-0.25, -0.2) is 0 Å². The molecule has 4 rings (SSSR count). The van der Waals surface area contributed by atoms with Gasteiger partial charge in [0, 0.05) is 5.41 Å².